The van der Waals surface area contributed by atoms with Gasteiger partial charge in [0, 0.05) is 19.1 Å². The van der Waals surface area contributed by atoms with Gasteiger partial charge in [-0.2, -0.15) is 0 Å². The number of urea groups is 1. The van der Waals surface area contributed by atoms with Gasteiger partial charge < -0.3 is 15.3 Å². The van der Waals surface area contributed by atoms with Crippen LogP contribution in [0.15, 0.2) is 0 Å². The molecule has 1 saturated heterocycles. The fraction of sp³-hybridized carbons (Fsp3) is 0.846. The van der Waals surface area contributed by atoms with E-state index in [-0.39, 0.29) is 12.1 Å². The number of likely N-dealkylation sites (tertiary alicyclic amines) is 1. The standard InChI is InChI=1S/C13H22N2O3/c1-9-5-7-15(8-6-9)13(18)14-11-4-2-3-10(11)12(16)17/h9-11H,2-8H2,1H3,(H,14,18)(H,16,17). The lowest BCUT2D eigenvalue weighted by atomic mass is 9.99. The first kappa shape index (κ1) is 13.2. The quantitative estimate of drug-likeness (QED) is 0.787. The highest BCUT2D eigenvalue weighted by atomic mass is 16.4. The molecule has 0 aromatic rings. The molecule has 1 aliphatic heterocycles. The van der Waals surface area contributed by atoms with Gasteiger partial charge in [-0.15, -0.1) is 0 Å². The van der Waals surface area contributed by atoms with Crippen molar-refractivity contribution in [3.8, 4) is 0 Å². The van der Waals surface area contributed by atoms with E-state index in [0.717, 1.165) is 38.8 Å². The maximum Gasteiger partial charge on any atom is 0.317 e. The Bertz CT molecular complexity index is 324. The minimum atomic E-state index is -0.787. The van der Waals surface area contributed by atoms with Crippen LogP contribution in [0, 0.1) is 11.8 Å². The van der Waals surface area contributed by atoms with Crippen LogP contribution < -0.4 is 5.32 Å². The Morgan fingerprint density at radius 2 is 1.83 bits per heavy atom. The molecule has 0 radical (unpaired) electrons. The average Bonchev–Trinajstić information content (AvgIpc) is 2.78. The van der Waals surface area contributed by atoms with E-state index in [9.17, 15) is 9.59 Å². The van der Waals surface area contributed by atoms with Crippen LogP contribution in [-0.2, 0) is 4.79 Å². The first-order valence-corrected chi connectivity index (χ1v) is 6.86. The Balaban J connectivity index is 1.85. The van der Waals surface area contributed by atoms with E-state index >= 15 is 0 Å². The monoisotopic (exact) mass is 254 g/mol. The van der Waals surface area contributed by atoms with Gasteiger partial charge in [0.15, 0.2) is 0 Å². The zero-order valence-corrected chi connectivity index (χ0v) is 10.9. The second kappa shape index (κ2) is 5.59. The highest BCUT2D eigenvalue weighted by Gasteiger charge is 2.35. The second-order valence-corrected chi connectivity index (χ2v) is 5.60. The number of carbonyl (C=O) groups is 2. The topological polar surface area (TPSA) is 69.6 Å². The van der Waals surface area contributed by atoms with Crippen LogP contribution >= 0.6 is 0 Å². The molecule has 0 aromatic heterocycles. The van der Waals surface area contributed by atoms with Crippen molar-refractivity contribution in [3.05, 3.63) is 0 Å². The number of piperidine rings is 1. The molecule has 0 bridgehead atoms. The van der Waals surface area contributed by atoms with Crippen LogP contribution in [0.5, 0.6) is 0 Å². The molecule has 0 spiro atoms. The summed E-state index contributed by atoms with van der Waals surface area (Å²) in [6, 6.07) is -0.269. The summed E-state index contributed by atoms with van der Waals surface area (Å²) < 4.78 is 0. The van der Waals surface area contributed by atoms with Gasteiger partial charge >= 0.3 is 12.0 Å². The molecule has 1 heterocycles. The number of carbonyl (C=O) groups excluding carboxylic acids is 1. The molecule has 1 saturated carbocycles. The predicted molar refractivity (Wildman–Crippen MR) is 67.3 cm³/mol. The maximum atomic E-state index is 12.1. The number of hydrogen-bond donors (Lipinski definition) is 2. The third-order valence-electron chi connectivity index (χ3n) is 4.21. The molecule has 5 nitrogen and oxygen atoms in total. The van der Waals surface area contributed by atoms with Crippen molar-refractivity contribution in [2.24, 2.45) is 11.8 Å². The summed E-state index contributed by atoms with van der Waals surface area (Å²) in [5.41, 5.74) is 0. The minimum absolute atomic E-state index is 0.0833. The summed E-state index contributed by atoms with van der Waals surface area (Å²) in [7, 11) is 0. The fourth-order valence-electron chi connectivity index (χ4n) is 2.89. The number of nitrogens with zero attached hydrogens (tertiary/aromatic N) is 1. The molecule has 2 aliphatic rings. The van der Waals surface area contributed by atoms with Gasteiger partial charge in [-0.25, -0.2) is 4.79 Å². The number of rotatable bonds is 2. The summed E-state index contributed by atoms with van der Waals surface area (Å²) in [4.78, 5) is 24.9. The van der Waals surface area contributed by atoms with Gasteiger partial charge in [-0.1, -0.05) is 13.3 Å². The largest absolute Gasteiger partial charge is 0.481 e. The van der Waals surface area contributed by atoms with Crippen LogP contribution in [0.2, 0.25) is 0 Å². The molecule has 102 valence electrons. The van der Waals surface area contributed by atoms with E-state index in [1.807, 2.05) is 4.90 Å². The Hall–Kier alpha value is -1.26. The smallest absolute Gasteiger partial charge is 0.317 e. The molecule has 18 heavy (non-hydrogen) atoms. The predicted octanol–water partition coefficient (Wildman–Crippen LogP) is 1.68. The third-order valence-corrected chi connectivity index (χ3v) is 4.21. The van der Waals surface area contributed by atoms with Crippen LogP contribution in [0.4, 0.5) is 4.79 Å². The normalized spacial score (nSPS) is 29.3. The Kier molecular flexibility index (Phi) is 4.09. The molecule has 1 aliphatic carbocycles. The lowest BCUT2D eigenvalue weighted by molar-refractivity contribution is -0.142. The van der Waals surface area contributed by atoms with Crippen LogP contribution in [-0.4, -0.2) is 41.1 Å². The maximum absolute atomic E-state index is 12.1. The molecule has 2 unspecified atom stereocenters. The molecular formula is C13H22N2O3. The van der Waals surface area contributed by atoms with Crippen LogP contribution in [0.3, 0.4) is 0 Å². The summed E-state index contributed by atoms with van der Waals surface area (Å²) in [5.74, 6) is -0.505. The van der Waals surface area contributed by atoms with Crippen molar-refractivity contribution in [3.63, 3.8) is 0 Å². The van der Waals surface area contributed by atoms with Gasteiger partial charge in [0.25, 0.3) is 0 Å². The molecule has 0 aromatic carbocycles. The van der Waals surface area contributed by atoms with Gasteiger partial charge in [-0.3, -0.25) is 4.79 Å². The summed E-state index contributed by atoms with van der Waals surface area (Å²) in [6.45, 7) is 3.78. The number of hydrogen-bond acceptors (Lipinski definition) is 2. The number of carboxylic acids is 1. The molecule has 2 atom stereocenters. The van der Waals surface area contributed by atoms with Gasteiger partial charge in [0.1, 0.15) is 0 Å². The summed E-state index contributed by atoms with van der Waals surface area (Å²) >= 11 is 0. The molecule has 2 amide bonds. The Labute approximate surface area is 108 Å². The van der Waals surface area contributed by atoms with E-state index in [2.05, 4.69) is 12.2 Å². The number of nitrogens with one attached hydrogen (secondary N) is 1. The highest BCUT2D eigenvalue weighted by Crippen LogP contribution is 2.26. The van der Waals surface area contributed by atoms with E-state index in [0.29, 0.717) is 12.3 Å². The lowest BCUT2D eigenvalue weighted by Crippen LogP contribution is -2.49. The van der Waals surface area contributed by atoms with E-state index in [4.69, 9.17) is 5.11 Å². The van der Waals surface area contributed by atoms with E-state index in [1.165, 1.54) is 0 Å². The second-order valence-electron chi connectivity index (χ2n) is 5.60. The first-order valence-electron chi connectivity index (χ1n) is 6.86. The zero-order chi connectivity index (χ0) is 13.1. The van der Waals surface area contributed by atoms with Crippen molar-refractivity contribution in [1.29, 1.82) is 0 Å². The average molecular weight is 254 g/mol. The van der Waals surface area contributed by atoms with Crippen molar-refractivity contribution < 1.29 is 14.7 Å². The van der Waals surface area contributed by atoms with E-state index < -0.39 is 11.9 Å². The Morgan fingerprint density at radius 3 is 2.44 bits per heavy atom. The first-order chi connectivity index (χ1) is 8.58. The van der Waals surface area contributed by atoms with Crippen LogP contribution in [0.25, 0.3) is 0 Å². The summed E-state index contributed by atoms with van der Waals surface area (Å²) in [6.07, 6.45) is 4.43. The molecular weight excluding hydrogens is 232 g/mol. The third kappa shape index (κ3) is 2.94. The molecule has 5 heteroatoms. The number of amides is 2. The van der Waals surface area contributed by atoms with Crippen molar-refractivity contribution in [2.45, 2.75) is 45.1 Å². The lowest BCUT2D eigenvalue weighted by Gasteiger charge is -2.31. The van der Waals surface area contributed by atoms with Gasteiger partial charge in [0.2, 0.25) is 0 Å². The summed E-state index contributed by atoms with van der Waals surface area (Å²) in [5, 5.41) is 12.0. The number of carboxylic acid groups (broad SMARTS) is 1. The SMILES string of the molecule is CC1CCN(C(=O)NC2CCCC2C(=O)O)CC1. The highest BCUT2D eigenvalue weighted by molar-refractivity contribution is 5.77. The molecule has 2 fully saturated rings. The van der Waals surface area contributed by atoms with Crippen LogP contribution in [0.1, 0.15) is 39.0 Å². The van der Waals surface area contributed by atoms with Crippen molar-refractivity contribution in [1.82, 2.24) is 10.2 Å². The Morgan fingerprint density at radius 1 is 1.17 bits per heavy atom. The molecule has 2 rings (SSSR count). The van der Waals surface area contributed by atoms with Gasteiger partial charge in [0.05, 0.1) is 5.92 Å². The van der Waals surface area contributed by atoms with Crippen molar-refractivity contribution >= 4 is 12.0 Å². The van der Waals surface area contributed by atoms with E-state index in [1.54, 1.807) is 0 Å². The van der Waals surface area contributed by atoms with Crippen molar-refractivity contribution in [2.75, 3.05) is 13.1 Å². The fourth-order valence-corrected chi connectivity index (χ4v) is 2.89. The number of aliphatic carboxylic acids is 1. The zero-order valence-electron chi connectivity index (χ0n) is 10.9. The molecule has 2 N–H and O–H groups in total. The van der Waals surface area contributed by atoms with Gasteiger partial charge in [-0.05, 0) is 31.6 Å². The minimum Gasteiger partial charge on any atom is -0.481 e.